The van der Waals surface area contributed by atoms with Crippen LogP contribution in [0, 0.1) is 11.6 Å². The normalized spacial score (nSPS) is 16.3. The van der Waals surface area contributed by atoms with Gasteiger partial charge in [0.1, 0.15) is 11.6 Å². The maximum Gasteiger partial charge on any atom is 0.308 e. The van der Waals surface area contributed by atoms with Gasteiger partial charge in [-0.15, -0.1) is 0 Å². The molecule has 4 aromatic rings. The van der Waals surface area contributed by atoms with Crippen molar-refractivity contribution in [3.63, 3.8) is 0 Å². The smallest absolute Gasteiger partial charge is 0.308 e. The molecule has 5 rings (SSSR count). The topological polar surface area (TPSA) is 154 Å². The molecule has 0 radical (unpaired) electrons. The number of aldehydes is 1. The van der Waals surface area contributed by atoms with Gasteiger partial charge in [0.25, 0.3) is 0 Å². The second-order valence-corrected chi connectivity index (χ2v) is 19.6. The number of sulfonamides is 1. The summed E-state index contributed by atoms with van der Waals surface area (Å²) in [4.78, 5) is 42.2. The summed E-state index contributed by atoms with van der Waals surface area (Å²) in [6.07, 6.45) is 9.53. The van der Waals surface area contributed by atoms with Crippen LogP contribution in [0.25, 0.3) is 28.6 Å². The molecule has 0 spiro atoms. The zero-order valence-electron chi connectivity index (χ0n) is 40.2. The maximum absolute atomic E-state index is 13.7. The van der Waals surface area contributed by atoms with E-state index in [1.54, 1.807) is 12.1 Å². The predicted molar refractivity (Wildman–Crippen MR) is 257 cm³/mol. The summed E-state index contributed by atoms with van der Waals surface area (Å²) in [5, 5.41) is 0. The molecule has 1 unspecified atom stereocenters. The fraction of sp³-hybridized carbons (Fsp3) is 0.500. The summed E-state index contributed by atoms with van der Waals surface area (Å²) < 4.78 is 71.0. The minimum atomic E-state index is -3.56. The monoisotopic (exact) mass is 940 g/mol. The summed E-state index contributed by atoms with van der Waals surface area (Å²) in [5.74, 6) is -1.32. The van der Waals surface area contributed by atoms with Crippen molar-refractivity contribution < 1.29 is 41.0 Å². The van der Waals surface area contributed by atoms with Crippen molar-refractivity contribution in [1.82, 2.24) is 19.9 Å². The summed E-state index contributed by atoms with van der Waals surface area (Å²) in [7, 11) is -0.311. The van der Waals surface area contributed by atoms with Crippen LogP contribution < -0.4 is 8.61 Å². The number of hydrogen-bond donors (Lipinski definition) is 0. The van der Waals surface area contributed by atoms with E-state index < -0.39 is 21.6 Å². The van der Waals surface area contributed by atoms with E-state index in [2.05, 4.69) is 37.7 Å². The molecule has 356 valence electrons. The molecule has 1 saturated heterocycles. The molecule has 1 fully saturated rings. The third-order valence-electron chi connectivity index (χ3n) is 9.87. The van der Waals surface area contributed by atoms with Gasteiger partial charge in [-0.25, -0.2) is 41.4 Å². The van der Waals surface area contributed by atoms with Crippen LogP contribution in [0.4, 0.5) is 20.7 Å². The van der Waals surface area contributed by atoms with Crippen LogP contribution in [0.1, 0.15) is 134 Å². The first-order valence-electron chi connectivity index (χ1n) is 21.7. The highest BCUT2D eigenvalue weighted by Crippen LogP contribution is 2.35. The molecule has 1 aliphatic rings. The number of ether oxygens (including phenoxy) is 3. The number of benzene rings is 2. The van der Waals surface area contributed by atoms with Crippen molar-refractivity contribution in [2.45, 2.75) is 131 Å². The predicted octanol–water partition coefficient (Wildman–Crippen LogP) is 10.8. The first kappa shape index (κ1) is 54.5. The number of halogens is 2. The molecule has 1 aliphatic heterocycles. The van der Waals surface area contributed by atoms with Gasteiger partial charge in [0.2, 0.25) is 21.9 Å². The zero-order chi connectivity index (χ0) is 48.8. The van der Waals surface area contributed by atoms with Crippen LogP contribution in [0.5, 0.6) is 0 Å². The molecule has 65 heavy (non-hydrogen) atoms. The van der Waals surface area contributed by atoms with E-state index in [4.69, 9.17) is 24.2 Å². The van der Waals surface area contributed by atoms with Crippen LogP contribution in [0.15, 0.2) is 54.6 Å². The Balaban J connectivity index is 0.000000356. The number of carbonyl (C=O) groups excluding carboxylic acids is 2. The van der Waals surface area contributed by atoms with Crippen molar-refractivity contribution in [2.24, 2.45) is 0 Å². The van der Waals surface area contributed by atoms with Crippen molar-refractivity contribution in [3.8, 4) is 22.5 Å². The number of carbonyl (C=O) groups is 2. The van der Waals surface area contributed by atoms with Crippen LogP contribution in [-0.2, 0) is 29.0 Å². The van der Waals surface area contributed by atoms with Crippen molar-refractivity contribution in [2.75, 3.05) is 35.2 Å². The molecular weight excluding hydrogens is 875 g/mol. The Morgan fingerprint density at radius 3 is 1.78 bits per heavy atom. The Morgan fingerprint density at radius 2 is 1.32 bits per heavy atom. The third kappa shape index (κ3) is 15.9. The summed E-state index contributed by atoms with van der Waals surface area (Å²) in [6, 6.07) is 11.8. The van der Waals surface area contributed by atoms with Gasteiger partial charge in [0.05, 0.1) is 59.3 Å². The minimum Gasteiger partial charge on any atom is -0.463 e. The molecule has 2 aromatic carbocycles. The van der Waals surface area contributed by atoms with Crippen LogP contribution in [0.3, 0.4) is 0 Å². The Bertz CT molecular complexity index is 2330. The molecule has 17 heteroatoms. The number of rotatable bonds is 15. The first-order valence-corrected chi connectivity index (χ1v) is 24.8. The van der Waals surface area contributed by atoms with Crippen LogP contribution >= 0.6 is 11.9 Å². The quantitative estimate of drug-likeness (QED) is 0.0631. The van der Waals surface area contributed by atoms with Gasteiger partial charge in [-0.1, -0.05) is 79.0 Å². The minimum absolute atomic E-state index is 0.0360. The molecular formula is C48H66F2N6O7S2. The van der Waals surface area contributed by atoms with E-state index in [0.717, 1.165) is 39.5 Å². The molecule has 0 saturated carbocycles. The maximum atomic E-state index is 13.7. The Morgan fingerprint density at radius 1 is 0.846 bits per heavy atom. The number of esters is 1. The highest BCUT2D eigenvalue weighted by atomic mass is 32.2. The lowest BCUT2D eigenvalue weighted by atomic mass is 9.97. The average molecular weight is 941 g/mol. The number of hydrogen-bond acceptors (Lipinski definition) is 13. The number of nitrogens with zero attached hydrogens (tertiary/aromatic N) is 6. The lowest BCUT2D eigenvalue weighted by Crippen LogP contribution is -2.44. The molecule has 2 aromatic heterocycles. The van der Waals surface area contributed by atoms with Crippen LogP contribution in [-0.4, -0.2) is 91.3 Å². The van der Waals surface area contributed by atoms with Gasteiger partial charge in [-0.3, -0.25) is 13.9 Å². The fourth-order valence-electron chi connectivity index (χ4n) is 6.41. The first-order chi connectivity index (χ1) is 30.5. The van der Waals surface area contributed by atoms with Gasteiger partial charge in [0.15, 0.2) is 12.1 Å². The lowest BCUT2D eigenvalue weighted by Gasteiger charge is -2.39. The summed E-state index contributed by atoms with van der Waals surface area (Å²) >= 11 is 1.51. The molecule has 0 aliphatic carbocycles. The van der Waals surface area contributed by atoms with E-state index in [0.29, 0.717) is 29.9 Å². The van der Waals surface area contributed by atoms with Gasteiger partial charge < -0.3 is 14.2 Å². The molecule has 0 bridgehead atoms. The van der Waals surface area contributed by atoms with Crippen LogP contribution in [0.2, 0.25) is 0 Å². The second-order valence-electron chi connectivity index (χ2n) is 16.7. The number of anilines is 2. The van der Waals surface area contributed by atoms with E-state index in [9.17, 15) is 26.8 Å². The molecule has 3 atom stereocenters. The Hall–Kier alpha value is -4.84. The van der Waals surface area contributed by atoms with E-state index in [1.807, 2.05) is 71.3 Å². The largest absolute Gasteiger partial charge is 0.463 e. The Kier molecular flexibility index (Phi) is 20.6. The van der Waals surface area contributed by atoms with E-state index in [-0.39, 0.29) is 65.6 Å². The summed E-state index contributed by atoms with van der Waals surface area (Å²) in [5.41, 5.74) is 4.73. The molecule has 0 N–H and O–H groups in total. The second kappa shape index (κ2) is 24.6. The van der Waals surface area contributed by atoms with Gasteiger partial charge in [0, 0.05) is 43.5 Å². The number of aromatic nitrogens is 4. The van der Waals surface area contributed by atoms with Crippen molar-refractivity contribution in [1.29, 1.82) is 0 Å². The highest BCUT2D eigenvalue weighted by Gasteiger charge is 2.36. The average Bonchev–Trinajstić information content (AvgIpc) is 3.24. The lowest BCUT2D eigenvalue weighted by molar-refractivity contribution is -0.290. The van der Waals surface area contributed by atoms with E-state index in [1.165, 1.54) is 61.8 Å². The third-order valence-corrected chi connectivity index (χ3v) is 11.7. The van der Waals surface area contributed by atoms with Gasteiger partial charge in [-0.2, -0.15) is 0 Å². The van der Waals surface area contributed by atoms with E-state index >= 15 is 0 Å². The SMILES string of the molecule is CC(C)c1nc(N(C)S(C)(=O)=O)nc(-c2ccc(F)cc2)c1C=O.CCC.CCC(C)OC(=O)C[C@H]1C[C@@H](/C=C/c2c(-c3ccc(F)cc3)nc(N(C)SC)nc2C(C)C)OC(C)(C)O1. The highest BCUT2D eigenvalue weighted by molar-refractivity contribution is 7.99. The van der Waals surface area contributed by atoms with Gasteiger partial charge in [-0.05, 0) is 87.6 Å². The fourth-order valence-corrected chi connectivity index (χ4v) is 7.04. The zero-order valence-corrected chi connectivity index (χ0v) is 41.8. The summed E-state index contributed by atoms with van der Waals surface area (Å²) in [6.45, 7) is 19.7. The standard InChI is InChI=1S/C29H40FN3O4S.C16H18FN3O3S.C3H8/c1-9-19(4)35-25(34)17-23-16-22(36-29(5,6)37-23)14-15-24-26(18(2)3)31-28(33(7)38-8)32-27(24)20-10-12-21(30)13-11-20;1-10(2)14-13(9-21)15(11-5-7-12(17)8-6-11)19-16(18-14)20(3)24(4,22)23;1-3-2/h10-15,18-19,22-23H,9,16-17H2,1-8H3;5-10H,1-4H3;3H2,1-2H3/b15-14+;;/t19?,22-,23-;;/m1../s1. The van der Waals surface area contributed by atoms with Crippen molar-refractivity contribution >= 4 is 52.2 Å². The molecule has 0 amide bonds. The molecule has 13 nitrogen and oxygen atoms in total. The molecule has 3 heterocycles. The Labute approximate surface area is 389 Å². The van der Waals surface area contributed by atoms with Crippen molar-refractivity contribution in [3.05, 3.63) is 88.8 Å². The van der Waals surface area contributed by atoms with Gasteiger partial charge >= 0.3 is 5.97 Å².